The number of aliphatic hydroxyl groups is 2. The van der Waals surface area contributed by atoms with Gasteiger partial charge in [-0.05, 0) is 53.8 Å². The number of ether oxygens (including phenoxy) is 2. The highest BCUT2D eigenvalue weighted by Crippen LogP contribution is 2.43. The largest absolute Gasteiger partial charge is 0.433 e. The molecule has 210 valence electrons. The van der Waals surface area contributed by atoms with E-state index >= 15 is 0 Å². The first-order chi connectivity index (χ1) is 19.9. The maximum Gasteiger partial charge on any atom is 0.308 e. The van der Waals surface area contributed by atoms with Crippen LogP contribution in [0.1, 0.15) is 48.5 Å². The second-order valence-corrected chi connectivity index (χ2v) is 10.3. The minimum absolute atomic E-state index is 0.106. The van der Waals surface area contributed by atoms with Crippen LogP contribution in [0.2, 0.25) is 0 Å². The van der Waals surface area contributed by atoms with E-state index in [2.05, 4.69) is 63.9 Å². The SMILES string of the molecule is N#C[C@@]1(c2ccc3c(N)ncnn23)O[C@H](OC(=O)CCCCCNC2c3ccccc3-c3ccccc32)[C@@H](O)[C@H]1O. The highest BCUT2D eigenvalue weighted by molar-refractivity contribution is 5.78. The molecule has 0 spiro atoms. The van der Waals surface area contributed by atoms with Gasteiger partial charge in [-0.3, -0.25) is 4.79 Å². The summed E-state index contributed by atoms with van der Waals surface area (Å²) in [7, 11) is 0. The van der Waals surface area contributed by atoms with Crippen molar-refractivity contribution < 1.29 is 24.5 Å². The molecule has 1 fully saturated rings. The summed E-state index contributed by atoms with van der Waals surface area (Å²) in [5.41, 5.74) is 9.44. The number of nitrogens with one attached hydrogen (secondary N) is 1. The Morgan fingerprint density at radius 1 is 1.07 bits per heavy atom. The molecule has 0 bridgehead atoms. The third kappa shape index (κ3) is 4.61. The van der Waals surface area contributed by atoms with Crippen molar-refractivity contribution in [2.45, 2.75) is 55.8 Å². The van der Waals surface area contributed by atoms with Crippen molar-refractivity contribution in [3.05, 3.63) is 83.8 Å². The number of nitriles is 1. The molecule has 41 heavy (non-hydrogen) atoms. The molecule has 5 N–H and O–H groups in total. The molecule has 6 rings (SSSR count). The maximum absolute atomic E-state index is 12.6. The van der Waals surface area contributed by atoms with Crippen LogP contribution in [0.25, 0.3) is 16.6 Å². The monoisotopic (exact) mass is 554 g/mol. The number of nitrogen functional groups attached to an aromatic ring is 1. The molecule has 4 atom stereocenters. The average molecular weight is 555 g/mol. The summed E-state index contributed by atoms with van der Waals surface area (Å²) in [6.07, 6.45) is -1.32. The number of aromatic nitrogens is 3. The average Bonchev–Trinajstić information content (AvgIpc) is 3.64. The van der Waals surface area contributed by atoms with Gasteiger partial charge >= 0.3 is 5.97 Å². The van der Waals surface area contributed by atoms with Gasteiger partial charge in [0.25, 0.3) is 0 Å². The number of unbranched alkanes of at least 4 members (excludes halogenated alkanes) is 2. The molecule has 0 unspecified atom stereocenters. The van der Waals surface area contributed by atoms with Gasteiger partial charge in [0.2, 0.25) is 11.9 Å². The number of hydrogen-bond acceptors (Lipinski definition) is 10. The van der Waals surface area contributed by atoms with Crippen molar-refractivity contribution in [1.82, 2.24) is 19.9 Å². The number of hydrogen-bond donors (Lipinski definition) is 4. The molecule has 2 aromatic heterocycles. The molecule has 0 amide bonds. The predicted octanol–water partition coefficient (Wildman–Crippen LogP) is 2.57. The van der Waals surface area contributed by atoms with Gasteiger partial charge in [0.15, 0.2) is 5.82 Å². The molecule has 11 heteroatoms. The van der Waals surface area contributed by atoms with Crippen LogP contribution in [0.15, 0.2) is 67.0 Å². The van der Waals surface area contributed by atoms with E-state index in [4.69, 9.17) is 15.2 Å². The van der Waals surface area contributed by atoms with Crippen LogP contribution < -0.4 is 11.1 Å². The highest BCUT2D eigenvalue weighted by atomic mass is 16.7. The number of aliphatic hydroxyl groups excluding tert-OH is 2. The lowest BCUT2D eigenvalue weighted by atomic mass is 9.93. The van der Waals surface area contributed by atoms with E-state index in [1.54, 1.807) is 6.07 Å². The third-order valence-corrected chi connectivity index (χ3v) is 7.84. The fraction of sp³-hybridized carbons (Fsp3) is 0.333. The summed E-state index contributed by atoms with van der Waals surface area (Å²) in [4.78, 5) is 16.5. The Hall–Kier alpha value is -4.34. The Kier molecular flexibility index (Phi) is 7.15. The minimum atomic E-state index is -2.03. The molecule has 3 heterocycles. The number of anilines is 1. The van der Waals surface area contributed by atoms with Crippen molar-refractivity contribution in [2.24, 2.45) is 0 Å². The molecule has 2 aromatic carbocycles. The summed E-state index contributed by atoms with van der Waals surface area (Å²) < 4.78 is 12.4. The lowest BCUT2D eigenvalue weighted by molar-refractivity contribution is -0.196. The van der Waals surface area contributed by atoms with Crippen molar-refractivity contribution in [2.75, 3.05) is 12.3 Å². The van der Waals surface area contributed by atoms with E-state index < -0.39 is 30.1 Å². The molecule has 0 radical (unpaired) electrons. The predicted molar refractivity (Wildman–Crippen MR) is 148 cm³/mol. The molecule has 1 aliphatic heterocycles. The lowest BCUT2D eigenvalue weighted by Crippen LogP contribution is -2.41. The summed E-state index contributed by atoms with van der Waals surface area (Å²) in [5, 5.41) is 39.1. The fourth-order valence-corrected chi connectivity index (χ4v) is 5.78. The van der Waals surface area contributed by atoms with Gasteiger partial charge in [0.05, 0.1) is 11.7 Å². The number of esters is 1. The second kappa shape index (κ2) is 10.9. The number of nitrogens with zero attached hydrogens (tertiary/aromatic N) is 4. The number of benzene rings is 2. The standard InChI is InChI=1S/C30H30N6O5/c31-16-30(23-14-13-22-28(32)34-17-35-36(22)23)27(39)26(38)29(41-30)40-24(37)12-2-1-7-15-33-25-20-10-5-3-8-18(20)19-9-4-6-11-21(19)25/h3-6,8-11,13-14,17,25-27,29,33,38-39H,1-2,7,12,15H2,(H2,32,34,35)/t26-,27+,29-,30-/m0/s1. The van der Waals surface area contributed by atoms with Crippen molar-refractivity contribution in [3.8, 4) is 17.2 Å². The van der Waals surface area contributed by atoms with Crippen LogP contribution in [0.5, 0.6) is 0 Å². The van der Waals surface area contributed by atoms with Crippen molar-refractivity contribution in [3.63, 3.8) is 0 Å². The summed E-state index contributed by atoms with van der Waals surface area (Å²) in [5.74, 6) is -0.420. The van der Waals surface area contributed by atoms with Gasteiger partial charge in [-0.25, -0.2) is 9.50 Å². The highest BCUT2D eigenvalue weighted by Gasteiger charge is 2.59. The van der Waals surface area contributed by atoms with Crippen LogP contribution in [0, 0.1) is 11.3 Å². The topological polar surface area (TPSA) is 168 Å². The zero-order chi connectivity index (χ0) is 28.6. The molecule has 1 aliphatic carbocycles. The van der Waals surface area contributed by atoms with E-state index in [-0.39, 0.29) is 24.0 Å². The molecular formula is C30H30N6O5. The van der Waals surface area contributed by atoms with E-state index in [1.165, 1.54) is 39.2 Å². The van der Waals surface area contributed by atoms with Crippen LogP contribution in [-0.4, -0.2) is 55.8 Å². The number of carbonyl (C=O) groups excluding carboxylic acids is 1. The zero-order valence-electron chi connectivity index (χ0n) is 22.2. The van der Waals surface area contributed by atoms with E-state index in [0.717, 1.165) is 19.4 Å². The number of nitrogens with two attached hydrogens (primary N) is 1. The van der Waals surface area contributed by atoms with Gasteiger partial charge in [0, 0.05) is 6.42 Å². The summed E-state index contributed by atoms with van der Waals surface area (Å²) in [6, 6.07) is 22.0. The van der Waals surface area contributed by atoms with Gasteiger partial charge < -0.3 is 30.7 Å². The van der Waals surface area contributed by atoms with Crippen LogP contribution in [-0.2, 0) is 19.9 Å². The molecule has 4 aromatic rings. The van der Waals surface area contributed by atoms with E-state index in [0.29, 0.717) is 11.9 Å². The van der Waals surface area contributed by atoms with Gasteiger partial charge in [-0.2, -0.15) is 10.4 Å². The maximum atomic E-state index is 12.6. The zero-order valence-corrected chi connectivity index (χ0v) is 22.2. The quantitative estimate of drug-likeness (QED) is 0.178. The van der Waals surface area contributed by atoms with Crippen LogP contribution in [0.4, 0.5) is 5.82 Å². The molecule has 11 nitrogen and oxygen atoms in total. The minimum Gasteiger partial charge on any atom is -0.433 e. The Labute approximate surface area is 236 Å². The fourth-order valence-electron chi connectivity index (χ4n) is 5.78. The smallest absolute Gasteiger partial charge is 0.308 e. The van der Waals surface area contributed by atoms with Gasteiger partial charge in [0.1, 0.15) is 30.1 Å². The number of rotatable bonds is 9. The van der Waals surface area contributed by atoms with Crippen LogP contribution >= 0.6 is 0 Å². The van der Waals surface area contributed by atoms with E-state index in [1.807, 2.05) is 6.07 Å². The van der Waals surface area contributed by atoms with Crippen molar-refractivity contribution >= 4 is 17.3 Å². The van der Waals surface area contributed by atoms with E-state index in [9.17, 15) is 20.3 Å². The Morgan fingerprint density at radius 2 is 1.78 bits per heavy atom. The van der Waals surface area contributed by atoms with Gasteiger partial charge in [-0.1, -0.05) is 55.0 Å². The summed E-state index contributed by atoms with van der Waals surface area (Å²) >= 11 is 0. The second-order valence-electron chi connectivity index (χ2n) is 10.3. The first-order valence-electron chi connectivity index (χ1n) is 13.6. The first kappa shape index (κ1) is 26.9. The first-order valence-corrected chi connectivity index (χ1v) is 13.6. The lowest BCUT2D eigenvalue weighted by Gasteiger charge is -2.23. The van der Waals surface area contributed by atoms with Crippen molar-refractivity contribution in [1.29, 1.82) is 5.26 Å². The Bertz CT molecular complexity index is 1590. The normalized spacial score (nSPS) is 23.3. The van der Waals surface area contributed by atoms with Crippen LogP contribution in [0.3, 0.4) is 0 Å². The molecule has 0 saturated carbocycles. The van der Waals surface area contributed by atoms with Gasteiger partial charge in [-0.15, -0.1) is 0 Å². The third-order valence-electron chi connectivity index (χ3n) is 7.84. The summed E-state index contributed by atoms with van der Waals surface area (Å²) in [6.45, 7) is 0.781. The number of carbonyl (C=O) groups is 1. The molecular weight excluding hydrogens is 524 g/mol. The molecule has 2 aliphatic rings. The number of fused-ring (bicyclic) bond motifs is 4. The molecule has 1 saturated heterocycles. The Balaban J connectivity index is 1.01. The Morgan fingerprint density at radius 3 is 2.49 bits per heavy atom.